The molecule has 6 rings (SSSR count). The maximum Gasteiger partial charge on any atom is 0.283 e. The van der Waals surface area contributed by atoms with E-state index in [2.05, 4.69) is 22.0 Å². The first-order valence-corrected chi connectivity index (χ1v) is 13.9. The summed E-state index contributed by atoms with van der Waals surface area (Å²) in [6, 6.07) is 23.7. The fraction of sp³-hybridized carbons (Fsp3) is 0.233. The van der Waals surface area contributed by atoms with E-state index in [1.54, 1.807) is 11.7 Å². The van der Waals surface area contributed by atoms with Gasteiger partial charge in [-0.1, -0.05) is 54.2 Å². The molecule has 1 aliphatic rings. The average Bonchev–Trinajstić information content (AvgIpc) is 3.35. The summed E-state index contributed by atoms with van der Waals surface area (Å²) in [4.78, 5) is 39.6. The van der Waals surface area contributed by atoms with Crippen LogP contribution in [0.15, 0.2) is 82.7 Å². The van der Waals surface area contributed by atoms with Gasteiger partial charge in [-0.15, -0.1) is 0 Å². The molecule has 0 saturated carbocycles. The van der Waals surface area contributed by atoms with Gasteiger partial charge in [0.2, 0.25) is 5.91 Å². The minimum absolute atomic E-state index is 0.0312. The van der Waals surface area contributed by atoms with E-state index in [-0.39, 0.29) is 17.2 Å². The Morgan fingerprint density at radius 2 is 1.74 bits per heavy atom. The largest absolute Gasteiger partial charge is 0.495 e. The fourth-order valence-electron chi connectivity index (χ4n) is 5.10. The molecule has 3 aromatic carbocycles. The van der Waals surface area contributed by atoms with Gasteiger partial charge in [-0.3, -0.25) is 9.59 Å². The van der Waals surface area contributed by atoms with Gasteiger partial charge in [0, 0.05) is 42.8 Å². The number of aromatic amines is 1. The number of fused-ring (bicyclic) bond motifs is 3. The predicted molar refractivity (Wildman–Crippen MR) is 156 cm³/mol. The van der Waals surface area contributed by atoms with Gasteiger partial charge in [0.15, 0.2) is 5.16 Å². The highest BCUT2D eigenvalue weighted by Gasteiger charge is 2.24. The van der Waals surface area contributed by atoms with Crippen LogP contribution in [0.25, 0.3) is 27.6 Å². The Kier molecular flexibility index (Phi) is 6.74. The lowest BCUT2D eigenvalue weighted by Crippen LogP contribution is -2.49. The zero-order valence-electron chi connectivity index (χ0n) is 21.9. The molecule has 0 unspecified atom stereocenters. The zero-order valence-corrected chi connectivity index (χ0v) is 22.7. The fourth-order valence-corrected chi connectivity index (χ4v) is 6.00. The van der Waals surface area contributed by atoms with Gasteiger partial charge in [0.25, 0.3) is 5.56 Å². The van der Waals surface area contributed by atoms with Crippen LogP contribution in [-0.4, -0.2) is 64.4 Å². The number of hydrogen-bond donors (Lipinski definition) is 1. The molecule has 1 N–H and O–H groups in total. The van der Waals surface area contributed by atoms with Crippen molar-refractivity contribution < 1.29 is 9.53 Å². The second-order valence-corrected chi connectivity index (χ2v) is 10.5. The van der Waals surface area contributed by atoms with Gasteiger partial charge in [0.1, 0.15) is 16.8 Å². The van der Waals surface area contributed by atoms with Crippen LogP contribution in [0.4, 0.5) is 5.69 Å². The smallest absolute Gasteiger partial charge is 0.283 e. The van der Waals surface area contributed by atoms with Crippen LogP contribution in [0, 0.1) is 6.92 Å². The van der Waals surface area contributed by atoms with Crippen molar-refractivity contribution in [2.45, 2.75) is 12.1 Å². The summed E-state index contributed by atoms with van der Waals surface area (Å²) >= 11 is 1.28. The van der Waals surface area contributed by atoms with Crippen molar-refractivity contribution in [2.24, 2.45) is 0 Å². The summed E-state index contributed by atoms with van der Waals surface area (Å²) in [7, 11) is 1.58. The third-order valence-corrected chi connectivity index (χ3v) is 8.07. The van der Waals surface area contributed by atoms with Crippen LogP contribution in [0.5, 0.6) is 5.75 Å². The SMILES string of the molecule is COc1ccc(C)cc1-n1c(SCC(=O)N2CCN(c3ccccc3)CC2)nc2c([nH]c3ccccc32)c1=O. The first-order chi connectivity index (χ1) is 19.0. The number of rotatable bonds is 6. The summed E-state index contributed by atoms with van der Waals surface area (Å²) in [5.41, 5.74) is 4.39. The number of methoxy groups -OCH3 is 1. The van der Waals surface area contributed by atoms with E-state index in [0.717, 1.165) is 29.6 Å². The summed E-state index contributed by atoms with van der Waals surface area (Å²) in [5.74, 6) is 0.772. The van der Waals surface area contributed by atoms with E-state index in [1.807, 2.05) is 72.5 Å². The molecule has 1 saturated heterocycles. The summed E-state index contributed by atoms with van der Waals surface area (Å²) in [6.45, 7) is 4.84. The lowest BCUT2D eigenvalue weighted by atomic mass is 10.2. The standard InChI is InChI=1S/C30H29N5O3S/c1-20-12-13-25(38-2)24(18-20)35-29(37)28-27(22-10-6-7-11-23(22)31-28)32-30(35)39-19-26(36)34-16-14-33(15-17-34)21-8-4-3-5-9-21/h3-13,18,31H,14-17,19H2,1-2H3. The van der Waals surface area contributed by atoms with Gasteiger partial charge in [0.05, 0.1) is 18.6 Å². The van der Waals surface area contributed by atoms with Crippen LogP contribution in [0.2, 0.25) is 0 Å². The normalized spacial score (nSPS) is 13.8. The maximum atomic E-state index is 13.9. The van der Waals surface area contributed by atoms with Crippen molar-refractivity contribution in [3.8, 4) is 11.4 Å². The number of para-hydroxylation sites is 2. The highest BCUT2D eigenvalue weighted by atomic mass is 32.2. The van der Waals surface area contributed by atoms with Crippen molar-refractivity contribution in [1.82, 2.24) is 19.4 Å². The molecule has 0 atom stereocenters. The first kappa shape index (κ1) is 25.1. The number of benzene rings is 3. The molecule has 9 heteroatoms. The van der Waals surface area contributed by atoms with Crippen molar-refractivity contribution in [3.63, 3.8) is 0 Å². The Hall–Kier alpha value is -4.24. The number of nitrogens with one attached hydrogen (secondary N) is 1. The molecule has 39 heavy (non-hydrogen) atoms. The monoisotopic (exact) mass is 539 g/mol. The van der Waals surface area contributed by atoms with E-state index >= 15 is 0 Å². The van der Waals surface area contributed by atoms with Gasteiger partial charge in [-0.05, 0) is 42.8 Å². The number of ether oxygens (including phenoxy) is 1. The van der Waals surface area contributed by atoms with E-state index in [4.69, 9.17) is 9.72 Å². The average molecular weight is 540 g/mol. The number of carbonyl (C=O) groups excluding carboxylic acids is 1. The van der Waals surface area contributed by atoms with Crippen molar-refractivity contribution in [3.05, 3.63) is 88.7 Å². The zero-order chi connectivity index (χ0) is 26.9. The molecule has 2 aromatic heterocycles. The predicted octanol–water partition coefficient (Wildman–Crippen LogP) is 4.62. The number of anilines is 1. The third-order valence-electron chi connectivity index (χ3n) is 7.15. The van der Waals surface area contributed by atoms with E-state index < -0.39 is 0 Å². The van der Waals surface area contributed by atoms with Crippen molar-refractivity contribution >= 4 is 45.3 Å². The number of carbonyl (C=O) groups is 1. The molecular formula is C30H29N5O3S. The number of hydrogen-bond acceptors (Lipinski definition) is 6. The molecule has 0 radical (unpaired) electrons. The number of amides is 1. The first-order valence-electron chi connectivity index (χ1n) is 12.9. The molecule has 198 valence electrons. The van der Waals surface area contributed by atoms with Crippen molar-refractivity contribution in [1.29, 1.82) is 0 Å². The Labute approximate surface area is 230 Å². The maximum absolute atomic E-state index is 13.9. The van der Waals surface area contributed by atoms with E-state index in [0.29, 0.717) is 40.7 Å². The molecular weight excluding hydrogens is 510 g/mol. The topological polar surface area (TPSA) is 83.5 Å². The number of thioether (sulfide) groups is 1. The lowest BCUT2D eigenvalue weighted by molar-refractivity contribution is -0.128. The summed E-state index contributed by atoms with van der Waals surface area (Å²) in [5, 5.41) is 1.33. The number of aryl methyl sites for hydroxylation is 1. The third kappa shape index (κ3) is 4.74. The van der Waals surface area contributed by atoms with Gasteiger partial charge < -0.3 is 19.5 Å². The molecule has 1 fully saturated rings. The van der Waals surface area contributed by atoms with E-state index in [9.17, 15) is 9.59 Å². The molecule has 1 aliphatic heterocycles. The Morgan fingerprint density at radius 3 is 2.51 bits per heavy atom. The van der Waals surface area contributed by atoms with Crippen LogP contribution in [-0.2, 0) is 4.79 Å². The Morgan fingerprint density at radius 1 is 1.00 bits per heavy atom. The Balaban J connectivity index is 1.32. The number of piperazine rings is 1. The molecule has 0 aliphatic carbocycles. The van der Waals surface area contributed by atoms with E-state index in [1.165, 1.54) is 17.4 Å². The molecule has 3 heterocycles. The lowest BCUT2D eigenvalue weighted by Gasteiger charge is -2.36. The van der Waals surface area contributed by atoms with Crippen LogP contribution >= 0.6 is 11.8 Å². The molecule has 5 aromatic rings. The molecule has 0 spiro atoms. The highest BCUT2D eigenvalue weighted by molar-refractivity contribution is 7.99. The number of nitrogens with zero attached hydrogens (tertiary/aromatic N) is 4. The molecule has 0 bridgehead atoms. The highest BCUT2D eigenvalue weighted by Crippen LogP contribution is 2.30. The molecule has 8 nitrogen and oxygen atoms in total. The van der Waals surface area contributed by atoms with Crippen LogP contribution in [0.3, 0.4) is 0 Å². The Bertz CT molecular complexity index is 1720. The second kappa shape index (κ2) is 10.5. The minimum Gasteiger partial charge on any atom is -0.495 e. The minimum atomic E-state index is -0.230. The summed E-state index contributed by atoms with van der Waals surface area (Å²) in [6.07, 6.45) is 0. The number of H-pyrrole nitrogens is 1. The second-order valence-electron chi connectivity index (χ2n) is 9.60. The van der Waals surface area contributed by atoms with Crippen LogP contribution < -0.4 is 15.2 Å². The van der Waals surface area contributed by atoms with Gasteiger partial charge in [-0.25, -0.2) is 9.55 Å². The van der Waals surface area contributed by atoms with Crippen LogP contribution in [0.1, 0.15) is 5.56 Å². The molecule has 1 amide bonds. The van der Waals surface area contributed by atoms with Gasteiger partial charge in [-0.2, -0.15) is 0 Å². The summed E-state index contributed by atoms with van der Waals surface area (Å²) < 4.78 is 7.18. The van der Waals surface area contributed by atoms with Gasteiger partial charge >= 0.3 is 0 Å². The number of aromatic nitrogens is 3. The quantitative estimate of drug-likeness (QED) is 0.250. The van der Waals surface area contributed by atoms with Crippen molar-refractivity contribution in [2.75, 3.05) is 43.9 Å².